The van der Waals surface area contributed by atoms with Crippen LogP contribution in [0.1, 0.15) is 5.76 Å². The maximum Gasteiger partial charge on any atom is 0.263 e. The zero-order valence-electron chi connectivity index (χ0n) is 15.4. The molecule has 10 heteroatoms. The molecule has 4 rings (SSSR count). The Morgan fingerprint density at radius 3 is 2.60 bits per heavy atom. The van der Waals surface area contributed by atoms with E-state index in [0.29, 0.717) is 27.4 Å². The third-order valence-corrected chi connectivity index (χ3v) is 4.36. The first-order chi connectivity index (χ1) is 14.6. The van der Waals surface area contributed by atoms with Gasteiger partial charge in [0.1, 0.15) is 18.1 Å². The van der Waals surface area contributed by atoms with E-state index in [0.717, 1.165) is 11.1 Å². The largest absolute Gasteiger partial charge is 0.455 e. The molecule has 1 amide bonds. The number of amides is 1. The van der Waals surface area contributed by atoms with Gasteiger partial charge in [-0.05, 0) is 35.5 Å². The van der Waals surface area contributed by atoms with Crippen LogP contribution in [0.15, 0.2) is 70.2 Å². The smallest absolute Gasteiger partial charge is 0.263 e. The number of aromatic nitrogens is 4. The van der Waals surface area contributed by atoms with Crippen LogP contribution in [0.25, 0.3) is 22.7 Å². The van der Waals surface area contributed by atoms with Crippen LogP contribution >= 0.6 is 23.2 Å². The number of nitrogens with one attached hydrogen (secondary N) is 1. The fourth-order valence-electron chi connectivity index (χ4n) is 2.62. The normalized spacial score (nSPS) is 11.1. The summed E-state index contributed by atoms with van der Waals surface area (Å²) in [4.78, 5) is 13.2. The van der Waals surface area contributed by atoms with Gasteiger partial charge in [0.2, 0.25) is 5.82 Å². The first-order valence-corrected chi connectivity index (χ1v) is 9.54. The Morgan fingerprint density at radius 2 is 1.83 bits per heavy atom. The summed E-state index contributed by atoms with van der Waals surface area (Å²) < 4.78 is 5.67. The summed E-state index contributed by atoms with van der Waals surface area (Å²) in [6.07, 6.45) is 1.39. The molecule has 2 aromatic carbocycles. The van der Waals surface area contributed by atoms with Gasteiger partial charge in [0, 0.05) is 21.2 Å². The van der Waals surface area contributed by atoms with Crippen LogP contribution in [0.2, 0.25) is 10.0 Å². The number of hydrazone groups is 1. The molecule has 150 valence electrons. The van der Waals surface area contributed by atoms with Gasteiger partial charge in [-0.3, -0.25) is 4.79 Å². The molecule has 4 aromatic rings. The number of carbonyl (C=O) groups excluding carboxylic acids is 1. The lowest BCUT2D eigenvalue weighted by atomic mass is 10.2. The maximum atomic E-state index is 12.0. The summed E-state index contributed by atoms with van der Waals surface area (Å²) in [5, 5.41) is 16.9. The van der Waals surface area contributed by atoms with Crippen molar-refractivity contribution in [2.24, 2.45) is 5.10 Å². The average Bonchev–Trinajstić information content (AvgIpc) is 3.38. The molecule has 0 aliphatic carbocycles. The van der Waals surface area contributed by atoms with Crippen LogP contribution in [-0.2, 0) is 11.3 Å². The number of hydrogen-bond donors (Lipinski definition) is 1. The molecule has 2 aromatic heterocycles. The fraction of sp³-hybridized carbons (Fsp3) is 0.0500. The van der Waals surface area contributed by atoms with Gasteiger partial charge in [0.15, 0.2) is 0 Å². The molecule has 0 radical (unpaired) electrons. The number of furan rings is 1. The lowest BCUT2D eigenvalue weighted by Crippen LogP contribution is -2.24. The molecule has 2 heterocycles. The van der Waals surface area contributed by atoms with Crippen molar-refractivity contribution in [2.75, 3.05) is 0 Å². The van der Waals surface area contributed by atoms with E-state index in [1.807, 2.05) is 30.3 Å². The third-order valence-electron chi connectivity index (χ3n) is 3.92. The van der Waals surface area contributed by atoms with Gasteiger partial charge >= 0.3 is 0 Å². The lowest BCUT2D eigenvalue weighted by molar-refractivity contribution is -0.122. The molecule has 0 saturated heterocycles. The van der Waals surface area contributed by atoms with Gasteiger partial charge < -0.3 is 4.42 Å². The summed E-state index contributed by atoms with van der Waals surface area (Å²) in [5.41, 5.74) is 3.95. The average molecular weight is 441 g/mol. The summed E-state index contributed by atoms with van der Waals surface area (Å²) in [6, 6.07) is 18.0. The molecule has 0 spiro atoms. The van der Waals surface area contributed by atoms with Gasteiger partial charge in [-0.25, -0.2) is 5.43 Å². The van der Waals surface area contributed by atoms with Crippen molar-refractivity contribution in [3.8, 4) is 22.7 Å². The number of benzene rings is 2. The third kappa shape index (κ3) is 4.91. The number of carbonyl (C=O) groups is 1. The van der Waals surface area contributed by atoms with Gasteiger partial charge in [0.25, 0.3) is 5.91 Å². The molecule has 0 aliphatic heterocycles. The second-order valence-corrected chi connectivity index (χ2v) is 7.04. The molecule has 0 saturated carbocycles. The predicted molar refractivity (Wildman–Crippen MR) is 113 cm³/mol. The molecule has 0 unspecified atom stereocenters. The Hall–Kier alpha value is -3.49. The molecule has 0 bridgehead atoms. The monoisotopic (exact) mass is 440 g/mol. The van der Waals surface area contributed by atoms with Crippen LogP contribution in [0.5, 0.6) is 0 Å². The first kappa shape index (κ1) is 19.8. The molecule has 0 atom stereocenters. The van der Waals surface area contributed by atoms with Gasteiger partial charge in [0.05, 0.1) is 6.21 Å². The Bertz CT molecular complexity index is 1180. The van der Waals surface area contributed by atoms with Crippen molar-refractivity contribution >= 4 is 35.3 Å². The number of tetrazole rings is 1. The Labute approximate surface area is 181 Å². The summed E-state index contributed by atoms with van der Waals surface area (Å²) in [7, 11) is 0. The number of rotatable bonds is 6. The molecule has 1 N–H and O–H groups in total. The standard InChI is InChI=1S/C20H14Cl2N6O2/c21-15-8-14(9-16(22)10-15)18-7-6-17(30-18)11-23-24-19(29)12-28-26-20(25-27-28)13-4-2-1-3-5-13/h1-11H,12H2,(H,24,29)/b23-11-. The van der Waals surface area contributed by atoms with E-state index in [-0.39, 0.29) is 6.54 Å². The van der Waals surface area contributed by atoms with Crippen molar-refractivity contribution in [1.29, 1.82) is 0 Å². The number of nitrogens with zero attached hydrogens (tertiary/aromatic N) is 5. The summed E-state index contributed by atoms with van der Waals surface area (Å²) in [5.74, 6) is 1.06. The number of hydrogen-bond acceptors (Lipinski definition) is 6. The van der Waals surface area contributed by atoms with Crippen LogP contribution in [0.3, 0.4) is 0 Å². The Kier molecular flexibility index (Phi) is 5.87. The molecule has 8 nitrogen and oxygen atoms in total. The second kappa shape index (κ2) is 8.89. The van der Waals surface area contributed by atoms with Crippen LogP contribution in [0.4, 0.5) is 0 Å². The zero-order chi connectivity index (χ0) is 20.9. The van der Waals surface area contributed by atoms with E-state index in [4.69, 9.17) is 27.6 Å². The SMILES string of the molecule is O=C(Cn1nnc(-c2ccccc2)n1)N/N=C\c1ccc(-c2cc(Cl)cc(Cl)c2)o1. The highest BCUT2D eigenvalue weighted by atomic mass is 35.5. The quantitative estimate of drug-likeness (QED) is 0.360. The van der Waals surface area contributed by atoms with Gasteiger partial charge in [-0.15, -0.1) is 10.2 Å². The minimum Gasteiger partial charge on any atom is -0.455 e. The highest BCUT2D eigenvalue weighted by Gasteiger charge is 2.09. The topological polar surface area (TPSA) is 98.2 Å². The van der Waals surface area contributed by atoms with Crippen LogP contribution < -0.4 is 5.43 Å². The van der Waals surface area contributed by atoms with E-state index in [1.54, 1.807) is 30.3 Å². The maximum absolute atomic E-state index is 12.0. The van der Waals surface area contributed by atoms with Crippen molar-refractivity contribution in [2.45, 2.75) is 6.54 Å². The van der Waals surface area contributed by atoms with Gasteiger partial charge in [-0.2, -0.15) is 9.90 Å². The first-order valence-electron chi connectivity index (χ1n) is 8.78. The Balaban J connectivity index is 1.34. The molecule has 0 fully saturated rings. The Morgan fingerprint density at radius 1 is 1.07 bits per heavy atom. The molecule has 30 heavy (non-hydrogen) atoms. The lowest BCUT2D eigenvalue weighted by Gasteiger charge is -1.99. The van der Waals surface area contributed by atoms with Crippen LogP contribution in [0, 0.1) is 0 Å². The van der Waals surface area contributed by atoms with Crippen LogP contribution in [-0.4, -0.2) is 32.3 Å². The zero-order valence-corrected chi connectivity index (χ0v) is 16.9. The van der Waals surface area contributed by atoms with E-state index in [9.17, 15) is 4.79 Å². The molecule has 0 aliphatic rings. The van der Waals surface area contributed by atoms with E-state index in [1.165, 1.54) is 11.0 Å². The predicted octanol–water partition coefficient (Wildman–Crippen LogP) is 4.06. The number of halogens is 2. The van der Waals surface area contributed by atoms with E-state index in [2.05, 4.69) is 25.9 Å². The van der Waals surface area contributed by atoms with Crippen molar-refractivity contribution in [3.63, 3.8) is 0 Å². The van der Waals surface area contributed by atoms with E-state index >= 15 is 0 Å². The second-order valence-electron chi connectivity index (χ2n) is 6.16. The highest BCUT2D eigenvalue weighted by Crippen LogP contribution is 2.28. The van der Waals surface area contributed by atoms with Crippen molar-refractivity contribution < 1.29 is 9.21 Å². The summed E-state index contributed by atoms with van der Waals surface area (Å²) >= 11 is 12.0. The minimum absolute atomic E-state index is 0.123. The van der Waals surface area contributed by atoms with Crippen molar-refractivity contribution in [1.82, 2.24) is 25.6 Å². The highest BCUT2D eigenvalue weighted by molar-refractivity contribution is 6.35. The molecular weight excluding hydrogens is 427 g/mol. The van der Waals surface area contributed by atoms with Gasteiger partial charge in [-0.1, -0.05) is 53.5 Å². The fourth-order valence-corrected chi connectivity index (χ4v) is 3.14. The summed E-state index contributed by atoms with van der Waals surface area (Å²) in [6.45, 7) is -0.123. The minimum atomic E-state index is -0.406. The molecular formula is C20H14Cl2N6O2. The van der Waals surface area contributed by atoms with E-state index < -0.39 is 5.91 Å². The van der Waals surface area contributed by atoms with Crippen molar-refractivity contribution in [3.05, 3.63) is 76.5 Å².